The maximum absolute atomic E-state index is 11.4. The van der Waals surface area contributed by atoms with Crippen LogP contribution in [0.25, 0.3) is 0 Å². The summed E-state index contributed by atoms with van der Waals surface area (Å²) in [5.74, 6) is 16.7. The molecule has 3 heteroatoms. The second-order valence-corrected chi connectivity index (χ2v) is 4.48. The van der Waals surface area contributed by atoms with E-state index in [1.807, 2.05) is 0 Å². The summed E-state index contributed by atoms with van der Waals surface area (Å²) in [5, 5.41) is -0.151. The molecule has 0 radical (unpaired) electrons. The van der Waals surface area contributed by atoms with Crippen molar-refractivity contribution in [2.45, 2.75) is 18.1 Å². The highest BCUT2D eigenvalue weighted by Gasteiger charge is 2.42. The summed E-state index contributed by atoms with van der Waals surface area (Å²) in [7, 11) is 0. The van der Waals surface area contributed by atoms with E-state index >= 15 is 0 Å². The van der Waals surface area contributed by atoms with Gasteiger partial charge in [0, 0.05) is 0 Å². The first-order valence-electron chi connectivity index (χ1n) is 4.31. The van der Waals surface area contributed by atoms with Gasteiger partial charge < -0.3 is 0 Å². The topological polar surface area (TPSA) is 34.1 Å². The fraction of sp³-hybridized carbons (Fsp3) is 0.231. The average molecular weight is 226 g/mol. The summed E-state index contributed by atoms with van der Waals surface area (Å²) in [6, 6.07) is 0. The van der Waals surface area contributed by atoms with Crippen molar-refractivity contribution in [2.75, 3.05) is 0 Å². The summed E-state index contributed by atoms with van der Waals surface area (Å²) in [6.07, 6.45) is 4.83. The fourth-order valence-electron chi connectivity index (χ4n) is 0.996. The normalized spacial score (nSPS) is 21.8. The fourth-order valence-corrected chi connectivity index (χ4v) is 1.94. The lowest BCUT2D eigenvalue weighted by atomic mass is 10.1. The molecule has 1 atom stereocenters. The summed E-state index contributed by atoms with van der Waals surface area (Å²) in [4.78, 5) is 22.5. The lowest BCUT2D eigenvalue weighted by molar-refractivity contribution is -0.122. The third kappa shape index (κ3) is 2.96. The highest BCUT2D eigenvalue weighted by Crippen LogP contribution is 2.35. The molecule has 0 aliphatic carbocycles. The Balaban J connectivity index is 2.78. The quantitative estimate of drug-likeness (QED) is 0.448. The Morgan fingerprint density at radius 2 is 1.81 bits per heavy atom. The third-order valence-corrected chi connectivity index (χ3v) is 2.89. The Kier molecular flexibility index (Phi) is 3.85. The van der Waals surface area contributed by atoms with Gasteiger partial charge in [-0.05, 0) is 42.4 Å². The van der Waals surface area contributed by atoms with Crippen molar-refractivity contribution in [3.63, 3.8) is 0 Å². The molecular weight excluding hydrogens is 220 g/mol. The molecule has 76 valence electrons. The smallest absolute Gasteiger partial charge is 0.198 e. The number of terminal acetylenes is 1. The molecule has 1 heterocycles. The zero-order valence-corrected chi connectivity index (χ0v) is 9.33. The molecule has 0 bridgehead atoms. The second kappa shape index (κ2) is 5.14. The number of carbonyl (C=O) groups is 2. The Labute approximate surface area is 98.6 Å². The van der Waals surface area contributed by atoms with Crippen molar-refractivity contribution in [1.29, 1.82) is 0 Å². The van der Waals surface area contributed by atoms with Crippen LogP contribution in [-0.2, 0) is 9.59 Å². The molecule has 0 aromatic rings. The van der Waals surface area contributed by atoms with E-state index in [0.717, 1.165) is 11.8 Å². The van der Waals surface area contributed by atoms with Crippen molar-refractivity contribution in [1.82, 2.24) is 0 Å². The van der Waals surface area contributed by atoms with Gasteiger partial charge in [0.1, 0.15) is 4.75 Å². The summed E-state index contributed by atoms with van der Waals surface area (Å²) in [6.45, 7) is 1.62. The van der Waals surface area contributed by atoms with Crippen molar-refractivity contribution in [3.05, 3.63) is 0 Å². The maximum Gasteiger partial charge on any atom is 0.198 e. The zero-order chi connectivity index (χ0) is 12.0. The van der Waals surface area contributed by atoms with Crippen LogP contribution in [0.3, 0.4) is 0 Å². The number of hydrogen-bond acceptors (Lipinski definition) is 3. The molecule has 1 aliphatic heterocycles. The van der Waals surface area contributed by atoms with Crippen LogP contribution in [0.1, 0.15) is 13.3 Å². The third-order valence-electron chi connectivity index (χ3n) is 1.78. The summed E-state index contributed by atoms with van der Waals surface area (Å²) < 4.78 is -0.953. The van der Waals surface area contributed by atoms with Crippen LogP contribution in [-0.4, -0.2) is 15.6 Å². The maximum atomic E-state index is 11.4. The zero-order valence-electron chi connectivity index (χ0n) is 8.51. The van der Waals surface area contributed by atoms with E-state index in [9.17, 15) is 9.59 Å². The molecule has 0 spiro atoms. The Morgan fingerprint density at radius 1 is 1.19 bits per heavy atom. The minimum atomic E-state index is -0.953. The predicted octanol–water partition coefficient (Wildman–Crippen LogP) is 0.621. The molecule has 16 heavy (non-hydrogen) atoms. The standard InChI is InChI=1S/C13H6O2S/c1-3-4-5-6-7-8-9-13(2)11(14)10-12(15)16-13/h1H,10H2,2H3/t13-/m1/s1. The van der Waals surface area contributed by atoms with Crippen molar-refractivity contribution in [3.8, 4) is 47.9 Å². The van der Waals surface area contributed by atoms with Gasteiger partial charge in [0.05, 0.1) is 6.42 Å². The molecule has 0 saturated carbocycles. The summed E-state index contributed by atoms with van der Waals surface area (Å²) in [5.41, 5.74) is 0. The van der Waals surface area contributed by atoms with E-state index in [0.29, 0.717) is 0 Å². The summed E-state index contributed by atoms with van der Waals surface area (Å²) >= 11 is 0.946. The first kappa shape index (κ1) is 12.0. The first-order chi connectivity index (χ1) is 7.58. The first-order valence-corrected chi connectivity index (χ1v) is 5.13. The molecule has 1 aliphatic rings. The van der Waals surface area contributed by atoms with Gasteiger partial charge in [0.2, 0.25) is 0 Å². The predicted molar refractivity (Wildman–Crippen MR) is 62.8 cm³/mol. The Bertz CT molecular complexity index is 561. The van der Waals surface area contributed by atoms with Crippen LogP contribution >= 0.6 is 11.8 Å². The van der Waals surface area contributed by atoms with Gasteiger partial charge in [-0.15, -0.1) is 6.42 Å². The van der Waals surface area contributed by atoms with E-state index in [4.69, 9.17) is 6.42 Å². The van der Waals surface area contributed by atoms with Crippen molar-refractivity contribution in [2.24, 2.45) is 0 Å². The molecule has 2 nitrogen and oxygen atoms in total. The minimum absolute atomic E-state index is 0.0554. The Morgan fingerprint density at radius 3 is 2.38 bits per heavy atom. The molecule has 1 saturated heterocycles. The lowest BCUT2D eigenvalue weighted by Crippen LogP contribution is -2.23. The number of rotatable bonds is 0. The van der Waals surface area contributed by atoms with Gasteiger partial charge in [-0.2, -0.15) is 0 Å². The van der Waals surface area contributed by atoms with Crippen molar-refractivity contribution < 1.29 is 9.59 Å². The van der Waals surface area contributed by atoms with Crippen LogP contribution in [0.2, 0.25) is 0 Å². The number of ketones is 1. The monoisotopic (exact) mass is 226 g/mol. The second-order valence-electron chi connectivity index (χ2n) is 3.00. The number of hydrogen-bond donors (Lipinski definition) is 0. The molecule has 0 N–H and O–H groups in total. The van der Waals surface area contributed by atoms with Crippen molar-refractivity contribution >= 4 is 22.7 Å². The highest BCUT2D eigenvalue weighted by molar-refractivity contribution is 8.16. The molecule has 0 aromatic heterocycles. The molecular formula is C13H6O2S. The van der Waals surface area contributed by atoms with Crippen LogP contribution in [0, 0.1) is 47.9 Å². The van der Waals surface area contributed by atoms with Gasteiger partial charge in [-0.1, -0.05) is 17.7 Å². The van der Waals surface area contributed by atoms with E-state index in [1.54, 1.807) is 6.92 Å². The lowest BCUT2D eigenvalue weighted by Gasteiger charge is -2.09. The van der Waals surface area contributed by atoms with E-state index < -0.39 is 4.75 Å². The molecule has 0 aromatic carbocycles. The van der Waals surface area contributed by atoms with Crippen LogP contribution < -0.4 is 0 Å². The van der Waals surface area contributed by atoms with E-state index in [1.165, 1.54) is 0 Å². The van der Waals surface area contributed by atoms with Gasteiger partial charge in [-0.25, -0.2) is 0 Å². The number of thioether (sulfide) groups is 1. The average Bonchev–Trinajstić information content (AvgIpc) is 2.47. The van der Waals surface area contributed by atoms with E-state index in [2.05, 4.69) is 41.4 Å². The molecule has 1 rings (SSSR count). The van der Waals surface area contributed by atoms with Gasteiger partial charge in [-0.3, -0.25) is 9.59 Å². The number of Topliss-reactive ketones (excluding diaryl/α,β-unsaturated/α-hetero) is 1. The van der Waals surface area contributed by atoms with Crippen LogP contribution in [0.4, 0.5) is 0 Å². The SMILES string of the molecule is C#CC#CC#CC#C[C@@]1(C)SC(=O)CC1=O. The minimum Gasteiger partial charge on any atom is -0.296 e. The van der Waals surface area contributed by atoms with E-state index in [-0.39, 0.29) is 17.3 Å². The molecule has 0 amide bonds. The van der Waals surface area contributed by atoms with Gasteiger partial charge in [0.15, 0.2) is 10.9 Å². The van der Waals surface area contributed by atoms with Crippen LogP contribution in [0.15, 0.2) is 0 Å². The largest absolute Gasteiger partial charge is 0.296 e. The van der Waals surface area contributed by atoms with Gasteiger partial charge >= 0.3 is 0 Å². The highest BCUT2D eigenvalue weighted by atomic mass is 32.2. The Hall–Kier alpha value is -2.07. The number of carbonyl (C=O) groups excluding carboxylic acids is 2. The van der Waals surface area contributed by atoms with Crippen LogP contribution in [0.5, 0.6) is 0 Å². The molecule has 0 unspecified atom stereocenters. The molecule has 1 fully saturated rings. The van der Waals surface area contributed by atoms with Gasteiger partial charge in [0.25, 0.3) is 0 Å².